The predicted octanol–water partition coefficient (Wildman–Crippen LogP) is 3.52. The molecule has 0 atom stereocenters. The van der Waals surface area contributed by atoms with Gasteiger partial charge in [0, 0.05) is 11.6 Å². The molecule has 0 radical (unpaired) electrons. The van der Waals surface area contributed by atoms with E-state index in [4.69, 9.17) is 0 Å². The highest BCUT2D eigenvalue weighted by Gasteiger charge is 2.42. The minimum Gasteiger partial charge on any atom is -0.481 e. The van der Waals surface area contributed by atoms with E-state index in [0.29, 0.717) is 0 Å². The number of carboxylic acids is 1. The normalized spacial score (nSPS) is 18.3. The highest BCUT2D eigenvalue weighted by Crippen LogP contribution is 2.42. The minimum atomic E-state index is -0.721. The van der Waals surface area contributed by atoms with Crippen molar-refractivity contribution < 1.29 is 9.90 Å². The zero-order valence-electron chi connectivity index (χ0n) is 10.8. The highest BCUT2D eigenvalue weighted by molar-refractivity contribution is 5.91. The zero-order chi connectivity index (χ0) is 13.3. The second-order valence-corrected chi connectivity index (χ2v) is 5.32. The molecule has 1 aliphatic carbocycles. The molecule has 0 aliphatic heterocycles. The molecule has 0 spiro atoms. The van der Waals surface area contributed by atoms with Crippen LogP contribution in [0.5, 0.6) is 0 Å². The third kappa shape index (κ3) is 1.89. The second-order valence-electron chi connectivity index (χ2n) is 5.32. The molecule has 1 saturated carbocycles. The fraction of sp³-hybridized carbons (Fsp3) is 0.375. The maximum absolute atomic E-state index is 11.9. The first-order valence-electron chi connectivity index (χ1n) is 6.82. The molecular weight excluding hydrogens is 238 g/mol. The molecule has 19 heavy (non-hydrogen) atoms. The molecule has 1 N–H and O–H groups in total. The number of pyridine rings is 1. The van der Waals surface area contributed by atoms with Crippen LogP contribution in [0.3, 0.4) is 0 Å². The number of fused-ring (bicyclic) bond motifs is 1. The lowest BCUT2D eigenvalue weighted by Crippen LogP contribution is -2.38. The van der Waals surface area contributed by atoms with E-state index in [1.54, 1.807) is 6.20 Å². The zero-order valence-corrected chi connectivity index (χ0v) is 10.8. The van der Waals surface area contributed by atoms with Gasteiger partial charge in [0.1, 0.15) is 0 Å². The first-order chi connectivity index (χ1) is 9.24. The monoisotopic (exact) mass is 255 g/mol. The summed E-state index contributed by atoms with van der Waals surface area (Å²) in [7, 11) is 0. The van der Waals surface area contributed by atoms with Crippen LogP contribution in [-0.2, 0) is 10.2 Å². The first kappa shape index (κ1) is 12.2. The fourth-order valence-corrected chi connectivity index (χ4v) is 3.27. The molecule has 3 rings (SSSR count). The quantitative estimate of drug-likeness (QED) is 0.893. The Labute approximate surface area is 112 Å². The van der Waals surface area contributed by atoms with Gasteiger partial charge < -0.3 is 5.11 Å². The Bertz CT molecular complexity index is 610. The maximum atomic E-state index is 11.9. The van der Waals surface area contributed by atoms with Crippen LogP contribution in [0, 0.1) is 0 Å². The lowest BCUT2D eigenvalue weighted by atomic mass is 9.68. The Morgan fingerprint density at radius 1 is 1.11 bits per heavy atom. The summed E-state index contributed by atoms with van der Waals surface area (Å²) in [5.74, 6) is -0.691. The summed E-state index contributed by atoms with van der Waals surface area (Å²) >= 11 is 0. The molecule has 3 nitrogen and oxygen atoms in total. The van der Waals surface area contributed by atoms with Crippen molar-refractivity contribution in [2.75, 3.05) is 0 Å². The van der Waals surface area contributed by atoms with Crippen molar-refractivity contribution in [3.05, 3.63) is 42.1 Å². The first-order valence-corrected chi connectivity index (χ1v) is 6.82. The van der Waals surface area contributed by atoms with E-state index in [2.05, 4.69) is 4.98 Å². The molecule has 0 bridgehead atoms. The molecule has 1 aromatic heterocycles. The fourth-order valence-electron chi connectivity index (χ4n) is 3.27. The second kappa shape index (κ2) is 4.65. The summed E-state index contributed by atoms with van der Waals surface area (Å²) in [6, 6.07) is 9.70. The lowest BCUT2D eigenvalue weighted by Gasteiger charge is -2.34. The van der Waals surface area contributed by atoms with E-state index >= 15 is 0 Å². The van der Waals surface area contributed by atoms with Gasteiger partial charge in [-0.2, -0.15) is 0 Å². The Balaban J connectivity index is 2.23. The van der Waals surface area contributed by atoms with Crippen molar-refractivity contribution >= 4 is 16.9 Å². The Morgan fingerprint density at radius 3 is 2.58 bits per heavy atom. The molecule has 2 aromatic rings. The molecule has 98 valence electrons. The molecule has 0 saturated heterocycles. The van der Waals surface area contributed by atoms with Crippen molar-refractivity contribution in [1.82, 2.24) is 4.98 Å². The number of carbonyl (C=O) groups is 1. The van der Waals surface area contributed by atoms with Gasteiger partial charge in [0.05, 0.1) is 10.9 Å². The van der Waals surface area contributed by atoms with Crippen LogP contribution < -0.4 is 0 Å². The summed E-state index contributed by atoms with van der Waals surface area (Å²) in [5.41, 5.74) is 1.09. The number of nitrogens with zero attached hydrogens (tertiary/aromatic N) is 1. The average Bonchev–Trinajstić information content (AvgIpc) is 2.47. The number of benzene rings is 1. The van der Waals surface area contributed by atoms with Gasteiger partial charge in [-0.15, -0.1) is 0 Å². The largest absolute Gasteiger partial charge is 0.481 e. The summed E-state index contributed by atoms with van der Waals surface area (Å²) in [4.78, 5) is 16.2. The van der Waals surface area contributed by atoms with Gasteiger partial charge in [-0.25, -0.2) is 0 Å². The summed E-state index contributed by atoms with van der Waals surface area (Å²) in [6.45, 7) is 0. The van der Waals surface area contributed by atoms with Gasteiger partial charge >= 0.3 is 5.97 Å². The number of hydrogen-bond acceptors (Lipinski definition) is 2. The summed E-state index contributed by atoms with van der Waals surface area (Å²) in [5, 5.41) is 10.8. The molecule has 1 heterocycles. The molecule has 0 unspecified atom stereocenters. The van der Waals surface area contributed by atoms with E-state index in [1.807, 2.05) is 30.3 Å². The summed E-state index contributed by atoms with van der Waals surface area (Å²) < 4.78 is 0. The van der Waals surface area contributed by atoms with Crippen molar-refractivity contribution in [2.45, 2.75) is 37.5 Å². The van der Waals surface area contributed by atoms with Gasteiger partial charge in [-0.3, -0.25) is 9.78 Å². The standard InChI is InChI=1S/C16H17NO2/c18-15(19)16(9-4-1-5-10-16)13-8-11-17-14-7-3-2-6-12(13)14/h2-3,6-8,11H,1,4-5,9-10H2,(H,18,19). The van der Waals surface area contributed by atoms with Crippen molar-refractivity contribution in [3.8, 4) is 0 Å². The average molecular weight is 255 g/mol. The topological polar surface area (TPSA) is 50.2 Å². The third-order valence-corrected chi connectivity index (χ3v) is 4.28. The Kier molecular flexibility index (Phi) is 2.97. The van der Waals surface area contributed by atoms with E-state index in [9.17, 15) is 9.90 Å². The van der Waals surface area contributed by atoms with Crippen LogP contribution >= 0.6 is 0 Å². The number of aliphatic carboxylic acids is 1. The number of aromatic nitrogens is 1. The smallest absolute Gasteiger partial charge is 0.314 e. The van der Waals surface area contributed by atoms with E-state index in [-0.39, 0.29) is 0 Å². The number of rotatable bonds is 2. The predicted molar refractivity (Wildman–Crippen MR) is 74.1 cm³/mol. The van der Waals surface area contributed by atoms with Gasteiger partial charge in [-0.05, 0) is 30.5 Å². The van der Waals surface area contributed by atoms with E-state index in [1.165, 1.54) is 0 Å². The molecule has 0 amide bonds. The van der Waals surface area contributed by atoms with E-state index < -0.39 is 11.4 Å². The van der Waals surface area contributed by atoms with Crippen LogP contribution in [0.4, 0.5) is 0 Å². The van der Waals surface area contributed by atoms with Gasteiger partial charge in [-0.1, -0.05) is 37.5 Å². The van der Waals surface area contributed by atoms with E-state index in [0.717, 1.165) is 48.6 Å². The Hall–Kier alpha value is -1.90. The van der Waals surface area contributed by atoms with Crippen LogP contribution in [0.15, 0.2) is 36.5 Å². The molecule has 1 fully saturated rings. The molecule has 1 aromatic carbocycles. The number of carboxylic acid groups (broad SMARTS) is 1. The molecule has 1 aliphatic rings. The summed E-state index contributed by atoms with van der Waals surface area (Å²) in [6.07, 6.45) is 6.31. The van der Waals surface area contributed by atoms with Crippen molar-refractivity contribution in [2.24, 2.45) is 0 Å². The maximum Gasteiger partial charge on any atom is 0.314 e. The molecule has 3 heteroatoms. The van der Waals surface area contributed by atoms with Crippen molar-refractivity contribution in [3.63, 3.8) is 0 Å². The molecular formula is C16H17NO2. The SMILES string of the molecule is O=C(O)C1(c2ccnc3ccccc23)CCCCC1. The van der Waals surface area contributed by atoms with Gasteiger partial charge in [0.2, 0.25) is 0 Å². The number of para-hydroxylation sites is 1. The van der Waals surface area contributed by atoms with Crippen LogP contribution in [-0.4, -0.2) is 16.1 Å². The lowest BCUT2D eigenvalue weighted by molar-refractivity contribution is -0.145. The Morgan fingerprint density at radius 2 is 1.84 bits per heavy atom. The van der Waals surface area contributed by atoms with Gasteiger partial charge in [0.25, 0.3) is 0 Å². The van der Waals surface area contributed by atoms with Crippen LogP contribution in [0.25, 0.3) is 10.9 Å². The number of hydrogen-bond donors (Lipinski definition) is 1. The van der Waals surface area contributed by atoms with Crippen LogP contribution in [0.1, 0.15) is 37.7 Å². The van der Waals surface area contributed by atoms with Gasteiger partial charge in [0.15, 0.2) is 0 Å². The minimum absolute atomic E-state index is 0.691. The van der Waals surface area contributed by atoms with Crippen molar-refractivity contribution in [1.29, 1.82) is 0 Å². The highest BCUT2D eigenvalue weighted by atomic mass is 16.4. The third-order valence-electron chi connectivity index (χ3n) is 4.28. The van der Waals surface area contributed by atoms with Crippen LogP contribution in [0.2, 0.25) is 0 Å².